The second kappa shape index (κ2) is 26.3. The maximum Gasteiger partial charge on any atom is 0.221 e. The maximum atomic E-state index is 5.64. The van der Waals surface area contributed by atoms with Gasteiger partial charge in [0.15, 0.2) is 0 Å². The zero-order valence-electron chi connectivity index (χ0n) is 44.1. The Kier molecular flexibility index (Phi) is 17.6. The summed E-state index contributed by atoms with van der Waals surface area (Å²) in [6, 6.07) is 55.5. The van der Waals surface area contributed by atoms with Crippen LogP contribution in [0.1, 0.15) is 46.2 Å². The van der Waals surface area contributed by atoms with Gasteiger partial charge in [0.05, 0.1) is 28.4 Å². The van der Waals surface area contributed by atoms with Gasteiger partial charge in [-0.1, -0.05) is 109 Å². The molecule has 0 bridgehead atoms. The Labute approximate surface area is 460 Å². The van der Waals surface area contributed by atoms with Gasteiger partial charge in [0.2, 0.25) is 17.8 Å². The van der Waals surface area contributed by atoms with E-state index in [9.17, 15) is 0 Å². The summed E-state index contributed by atoms with van der Waals surface area (Å²) in [4.78, 5) is 40.2. The number of aromatic amines is 1. The fourth-order valence-electron chi connectivity index (χ4n) is 9.87. The predicted molar refractivity (Wildman–Crippen MR) is 318 cm³/mol. The van der Waals surface area contributed by atoms with Gasteiger partial charge >= 0.3 is 0 Å². The lowest BCUT2D eigenvalue weighted by atomic mass is 10.00. The number of nitrogens with two attached hydrogens (primary N) is 3. The quantitative estimate of drug-likeness (QED) is 0.0966. The lowest BCUT2D eigenvalue weighted by molar-refractivity contribution is 0.644. The molecule has 0 spiro atoms. The van der Waals surface area contributed by atoms with Crippen LogP contribution in [-0.2, 0) is 38.8 Å². The van der Waals surface area contributed by atoms with Crippen LogP contribution in [-0.4, -0.2) is 75.6 Å². The smallest absolute Gasteiger partial charge is 0.221 e. The number of aryl methyl sites for hydroxylation is 2. The average molecular weight is 1050 g/mol. The van der Waals surface area contributed by atoms with E-state index in [-0.39, 0.29) is 5.95 Å². The van der Waals surface area contributed by atoms with Gasteiger partial charge in [-0.3, -0.25) is 4.57 Å². The largest absolute Gasteiger partial charge is 0.385 e. The second-order valence-electron chi connectivity index (χ2n) is 19.0. The lowest BCUT2D eigenvalue weighted by Crippen LogP contribution is -2.31. The molecule has 0 atom stereocenters. The summed E-state index contributed by atoms with van der Waals surface area (Å²) in [7, 11) is 0. The zero-order chi connectivity index (χ0) is 54.0. The molecule has 0 amide bonds. The first-order valence-corrected chi connectivity index (χ1v) is 26.7. The molecule has 15 rings (SSSR count). The van der Waals surface area contributed by atoms with Gasteiger partial charge in [-0.2, -0.15) is 15.0 Å². The van der Waals surface area contributed by atoms with E-state index in [0.717, 1.165) is 98.1 Å². The number of anilines is 7. The summed E-state index contributed by atoms with van der Waals surface area (Å²) in [6.45, 7) is 6.18. The van der Waals surface area contributed by atoms with Crippen molar-refractivity contribution in [1.29, 1.82) is 0 Å². The number of hydrogen-bond donors (Lipinski definition) is 6. The molecule has 79 heavy (non-hydrogen) atoms. The summed E-state index contributed by atoms with van der Waals surface area (Å²) < 4.78 is 1.88. The number of nitrogen functional groups attached to an aromatic ring is 3. The first-order valence-electron chi connectivity index (χ1n) is 26.7. The minimum absolute atomic E-state index is 0.260. The highest BCUT2D eigenvalue weighted by Gasteiger charge is 2.19. The monoisotopic (exact) mass is 1050 g/mol. The highest BCUT2D eigenvalue weighted by Crippen LogP contribution is 2.32. The highest BCUT2D eigenvalue weighted by molar-refractivity contribution is 5.77. The molecule has 398 valence electrons. The molecular formula is C62H65N17. The molecule has 6 aromatic carbocycles. The van der Waals surface area contributed by atoms with Crippen molar-refractivity contribution in [2.24, 2.45) is 0 Å². The van der Waals surface area contributed by atoms with E-state index in [4.69, 9.17) is 17.2 Å². The van der Waals surface area contributed by atoms with E-state index in [1.54, 1.807) is 37.3 Å². The molecule has 4 aliphatic heterocycles. The second-order valence-corrected chi connectivity index (χ2v) is 19.0. The molecule has 0 saturated carbocycles. The van der Waals surface area contributed by atoms with E-state index >= 15 is 0 Å². The van der Waals surface area contributed by atoms with Crippen LogP contribution in [0.5, 0.6) is 0 Å². The van der Waals surface area contributed by atoms with Crippen LogP contribution in [0.3, 0.4) is 0 Å². The molecule has 17 nitrogen and oxygen atoms in total. The van der Waals surface area contributed by atoms with Gasteiger partial charge in [0.1, 0.15) is 23.8 Å². The van der Waals surface area contributed by atoms with Gasteiger partial charge in [-0.15, -0.1) is 0 Å². The van der Waals surface area contributed by atoms with Crippen molar-refractivity contribution < 1.29 is 0 Å². The van der Waals surface area contributed by atoms with E-state index in [1.165, 1.54) is 64.0 Å². The Bertz CT molecular complexity index is 3570. The number of nitrogens with zero attached hydrogens (tertiary/aromatic N) is 11. The van der Waals surface area contributed by atoms with Crippen molar-refractivity contribution in [1.82, 2.24) is 54.7 Å². The van der Waals surface area contributed by atoms with Crippen LogP contribution in [0.25, 0.3) is 27.9 Å². The third-order valence-corrected chi connectivity index (χ3v) is 13.8. The minimum Gasteiger partial charge on any atom is -0.385 e. The zero-order valence-corrected chi connectivity index (χ0v) is 44.1. The Hall–Kier alpha value is -9.74. The topological polar surface area (TPSA) is 232 Å². The number of para-hydroxylation sites is 6. The summed E-state index contributed by atoms with van der Waals surface area (Å²) >= 11 is 0. The van der Waals surface area contributed by atoms with Crippen molar-refractivity contribution in [3.63, 3.8) is 0 Å². The molecule has 4 aliphatic rings. The molecule has 9 N–H and O–H groups in total. The third-order valence-electron chi connectivity index (χ3n) is 13.8. The number of nitrogens with one attached hydrogen (secondary N) is 3. The molecule has 9 heterocycles. The predicted octanol–water partition coefficient (Wildman–Crippen LogP) is 10.1. The summed E-state index contributed by atoms with van der Waals surface area (Å²) in [6.07, 6.45) is 15.5. The van der Waals surface area contributed by atoms with E-state index in [2.05, 4.69) is 162 Å². The van der Waals surface area contributed by atoms with Crippen LogP contribution in [0.2, 0.25) is 0 Å². The highest BCUT2D eigenvalue weighted by atomic mass is 15.2. The Balaban J connectivity index is 0.000000109. The molecule has 5 aromatic heterocycles. The number of fused-ring (bicyclic) bond motifs is 6. The molecular weight excluding hydrogens is 983 g/mol. The molecule has 0 aliphatic carbocycles. The lowest BCUT2D eigenvalue weighted by Gasteiger charge is -2.30. The number of imidazole rings is 2. The SMILES string of the molecule is Nc1nccc(-n2cnc3ccccc32)n1.Nc1nccc(N2CCCc3ccccc32)n1.Nc1nccc(N2CCc3ccccc3C2)n1.c1ccc2[nH]cnc2c1.c1ccc2c(c1)CCCN2.c1ccc2c(c1)CCNC2. The third kappa shape index (κ3) is 14.0. The fraction of sp³-hybridized carbons (Fsp3) is 0.194. The first-order chi connectivity index (χ1) is 38.9. The summed E-state index contributed by atoms with van der Waals surface area (Å²) in [5.74, 6) is 3.43. The number of rotatable bonds is 3. The number of aromatic nitrogens is 10. The van der Waals surface area contributed by atoms with Gasteiger partial charge < -0.3 is 42.6 Å². The van der Waals surface area contributed by atoms with Crippen molar-refractivity contribution in [2.45, 2.75) is 51.6 Å². The molecule has 17 heteroatoms. The molecule has 0 saturated heterocycles. The summed E-state index contributed by atoms with van der Waals surface area (Å²) in [5.41, 5.74) is 32.0. The van der Waals surface area contributed by atoms with Crippen LogP contribution in [0.15, 0.2) is 195 Å². The fourth-order valence-corrected chi connectivity index (χ4v) is 9.87. The average Bonchev–Trinajstić information content (AvgIpc) is 4.20. The molecule has 0 fully saturated rings. The van der Waals surface area contributed by atoms with Crippen molar-refractivity contribution >= 4 is 62.9 Å². The van der Waals surface area contributed by atoms with E-state index in [1.807, 2.05) is 65.2 Å². The molecule has 0 unspecified atom stereocenters. The Morgan fingerprint density at radius 3 is 1.78 bits per heavy atom. The van der Waals surface area contributed by atoms with Crippen molar-refractivity contribution in [3.05, 3.63) is 228 Å². The van der Waals surface area contributed by atoms with Crippen molar-refractivity contribution in [3.8, 4) is 5.82 Å². The van der Waals surface area contributed by atoms with Crippen LogP contribution >= 0.6 is 0 Å². The van der Waals surface area contributed by atoms with Crippen molar-refractivity contribution in [2.75, 3.05) is 58.5 Å². The van der Waals surface area contributed by atoms with Crippen LogP contribution in [0, 0.1) is 0 Å². The molecule has 11 aromatic rings. The maximum absolute atomic E-state index is 5.64. The van der Waals surface area contributed by atoms with Gasteiger partial charge in [0, 0.05) is 62.7 Å². The molecule has 0 radical (unpaired) electrons. The number of H-pyrrole nitrogens is 1. The van der Waals surface area contributed by atoms with Gasteiger partial charge in [-0.25, -0.2) is 24.9 Å². The number of benzene rings is 6. The van der Waals surface area contributed by atoms with E-state index < -0.39 is 0 Å². The summed E-state index contributed by atoms with van der Waals surface area (Å²) in [5, 5.41) is 6.70. The van der Waals surface area contributed by atoms with E-state index in [0.29, 0.717) is 11.9 Å². The van der Waals surface area contributed by atoms with Crippen LogP contribution in [0.4, 0.5) is 40.9 Å². The number of hydrogen-bond acceptors (Lipinski definition) is 15. The van der Waals surface area contributed by atoms with Gasteiger partial charge in [0.25, 0.3) is 0 Å². The van der Waals surface area contributed by atoms with Gasteiger partial charge in [-0.05, 0) is 133 Å². The minimum atomic E-state index is 0.260. The van der Waals surface area contributed by atoms with Crippen LogP contribution < -0.4 is 37.6 Å². The Morgan fingerprint density at radius 2 is 1.04 bits per heavy atom. The Morgan fingerprint density at radius 1 is 0.443 bits per heavy atom. The standard InChI is InChI=1S/2C13H14N4.C11H9N5.2C9H11N.C7H6N2/c14-13-15-8-7-12(16-13)17-9-3-5-10-4-1-2-6-11(10)17;14-13-15-7-5-12(16-13)17-8-6-10-3-1-2-4-11(10)9-17;12-11-13-6-5-10(15-11)16-7-14-8-3-1-2-4-9(8)16;1-2-6-9-8(4-1)5-3-7-10-9;1-2-4-9-7-10-6-5-8(9)3-1;1-2-4-7-6(3-1)8-5-9-7/h1-2,4,6-8H,3,5,9H2,(H2,14,15,16);1-5,7H,6,8-9H2,(H2,14,15,16);1-7H,(H2,12,13,15);1-2,4,6,10H,3,5,7H2;1-4,10H,5-7H2;1-5H,(H,8,9). The normalized spacial score (nSPS) is 13.6. The first kappa shape index (κ1) is 52.7.